The van der Waals surface area contributed by atoms with Crippen LogP contribution in [-0.4, -0.2) is 70.7 Å². The summed E-state index contributed by atoms with van der Waals surface area (Å²) < 4.78 is 6.72. The van der Waals surface area contributed by atoms with Crippen LogP contribution >= 0.6 is 0 Å². The third kappa shape index (κ3) is 4.15. The highest BCUT2D eigenvalue weighted by molar-refractivity contribution is 5.99. The van der Waals surface area contributed by atoms with E-state index in [2.05, 4.69) is 17.6 Å². The number of aliphatic hydroxyl groups is 1. The predicted molar refractivity (Wildman–Crippen MR) is 128 cm³/mol. The van der Waals surface area contributed by atoms with E-state index in [4.69, 9.17) is 9.84 Å². The SMILES string of the molecule is CCCNC(=O)[C@@H]1[C@H]2C(=O)N(CCCCCO)C(C(=O)NC3CCCCC3)C23CC(C)[C@@]1(C)O3. The van der Waals surface area contributed by atoms with E-state index >= 15 is 0 Å². The van der Waals surface area contributed by atoms with Crippen LogP contribution in [0.5, 0.6) is 0 Å². The molecule has 8 nitrogen and oxygen atoms in total. The normalized spacial score (nSPS) is 37.2. The number of ether oxygens (including phenoxy) is 1. The van der Waals surface area contributed by atoms with Gasteiger partial charge in [0, 0.05) is 25.7 Å². The number of unbranched alkanes of at least 4 members (excludes halogenated alkanes) is 2. The zero-order chi connectivity index (χ0) is 24.5. The van der Waals surface area contributed by atoms with Gasteiger partial charge in [0.2, 0.25) is 17.7 Å². The number of nitrogens with zero attached hydrogens (tertiary/aromatic N) is 1. The van der Waals surface area contributed by atoms with Crippen molar-refractivity contribution in [3.63, 3.8) is 0 Å². The van der Waals surface area contributed by atoms with E-state index in [0.29, 0.717) is 32.4 Å². The van der Waals surface area contributed by atoms with Gasteiger partial charge >= 0.3 is 0 Å². The second-order valence-electron chi connectivity index (χ2n) is 11.2. The Morgan fingerprint density at radius 3 is 2.56 bits per heavy atom. The summed E-state index contributed by atoms with van der Waals surface area (Å²) in [6.45, 7) is 7.15. The monoisotopic (exact) mass is 477 g/mol. The van der Waals surface area contributed by atoms with Crippen molar-refractivity contribution in [1.82, 2.24) is 15.5 Å². The molecule has 3 saturated heterocycles. The van der Waals surface area contributed by atoms with Crippen molar-refractivity contribution in [3.8, 4) is 0 Å². The molecule has 3 aliphatic heterocycles. The summed E-state index contributed by atoms with van der Waals surface area (Å²) in [5, 5.41) is 15.4. The Labute approximate surface area is 203 Å². The quantitative estimate of drug-likeness (QED) is 0.418. The Morgan fingerprint density at radius 2 is 1.88 bits per heavy atom. The molecule has 0 aromatic carbocycles. The van der Waals surface area contributed by atoms with Gasteiger partial charge in [-0.15, -0.1) is 0 Å². The van der Waals surface area contributed by atoms with Gasteiger partial charge in [0.1, 0.15) is 11.6 Å². The van der Waals surface area contributed by atoms with E-state index in [1.165, 1.54) is 6.42 Å². The molecule has 3 N–H and O–H groups in total. The van der Waals surface area contributed by atoms with E-state index in [1.807, 2.05) is 13.8 Å². The summed E-state index contributed by atoms with van der Waals surface area (Å²) in [5.74, 6) is -1.55. The number of carbonyl (C=O) groups excluding carboxylic acids is 3. The fourth-order valence-corrected chi connectivity index (χ4v) is 7.14. The number of aliphatic hydroxyl groups excluding tert-OH is 1. The summed E-state index contributed by atoms with van der Waals surface area (Å²) >= 11 is 0. The van der Waals surface area contributed by atoms with Crippen molar-refractivity contribution in [2.24, 2.45) is 17.8 Å². The fourth-order valence-electron chi connectivity index (χ4n) is 7.14. The Morgan fingerprint density at radius 1 is 1.15 bits per heavy atom. The van der Waals surface area contributed by atoms with Gasteiger partial charge in [-0.1, -0.05) is 33.1 Å². The molecular weight excluding hydrogens is 434 g/mol. The Bertz CT molecular complexity index is 784. The smallest absolute Gasteiger partial charge is 0.246 e. The molecule has 0 radical (unpaired) electrons. The number of rotatable bonds is 10. The molecule has 3 heterocycles. The number of likely N-dealkylation sites (tertiary alicyclic amines) is 1. The van der Waals surface area contributed by atoms with Crippen LogP contribution in [0.15, 0.2) is 0 Å². The first-order chi connectivity index (χ1) is 16.3. The fraction of sp³-hybridized carbons (Fsp3) is 0.885. The maximum atomic E-state index is 13.9. The maximum Gasteiger partial charge on any atom is 0.246 e. The van der Waals surface area contributed by atoms with Gasteiger partial charge in [0.25, 0.3) is 0 Å². The highest BCUT2D eigenvalue weighted by atomic mass is 16.5. The molecule has 34 heavy (non-hydrogen) atoms. The van der Waals surface area contributed by atoms with Crippen molar-refractivity contribution in [2.75, 3.05) is 19.7 Å². The molecule has 3 unspecified atom stereocenters. The molecule has 3 amide bonds. The lowest BCUT2D eigenvalue weighted by molar-refractivity contribution is -0.148. The van der Waals surface area contributed by atoms with E-state index in [9.17, 15) is 14.4 Å². The first kappa shape index (κ1) is 25.4. The Balaban J connectivity index is 1.65. The van der Waals surface area contributed by atoms with Crippen molar-refractivity contribution >= 4 is 17.7 Å². The lowest BCUT2D eigenvalue weighted by atomic mass is 9.62. The van der Waals surface area contributed by atoms with Crippen LogP contribution in [0.4, 0.5) is 0 Å². The van der Waals surface area contributed by atoms with Crippen LogP contribution in [0.1, 0.15) is 85.0 Å². The van der Waals surface area contributed by atoms with Crippen LogP contribution in [0, 0.1) is 17.8 Å². The van der Waals surface area contributed by atoms with Crippen LogP contribution in [-0.2, 0) is 19.1 Å². The number of nitrogens with one attached hydrogen (secondary N) is 2. The predicted octanol–water partition coefficient (Wildman–Crippen LogP) is 2.13. The number of amides is 3. The molecule has 4 rings (SSSR count). The van der Waals surface area contributed by atoms with Crippen molar-refractivity contribution in [3.05, 3.63) is 0 Å². The van der Waals surface area contributed by atoms with Gasteiger partial charge in [-0.05, 0) is 57.8 Å². The third-order valence-electron chi connectivity index (χ3n) is 8.90. The number of hydrogen-bond donors (Lipinski definition) is 3. The summed E-state index contributed by atoms with van der Waals surface area (Å²) in [6.07, 6.45) is 8.94. The molecule has 1 spiro atoms. The van der Waals surface area contributed by atoms with Gasteiger partial charge in [-0.3, -0.25) is 14.4 Å². The molecule has 4 aliphatic rings. The number of fused-ring (bicyclic) bond motifs is 1. The molecule has 1 saturated carbocycles. The lowest BCUT2D eigenvalue weighted by Gasteiger charge is -2.36. The largest absolute Gasteiger partial charge is 0.396 e. The summed E-state index contributed by atoms with van der Waals surface area (Å²) in [4.78, 5) is 42.8. The van der Waals surface area contributed by atoms with Gasteiger partial charge in [0.15, 0.2) is 0 Å². The van der Waals surface area contributed by atoms with E-state index in [-0.39, 0.29) is 36.3 Å². The highest BCUT2D eigenvalue weighted by Crippen LogP contribution is 2.65. The second-order valence-corrected chi connectivity index (χ2v) is 11.2. The molecule has 0 aromatic rings. The van der Waals surface area contributed by atoms with Gasteiger partial charge in [-0.2, -0.15) is 0 Å². The van der Waals surface area contributed by atoms with Gasteiger partial charge in [0.05, 0.1) is 17.4 Å². The van der Waals surface area contributed by atoms with Crippen LogP contribution < -0.4 is 10.6 Å². The molecular formula is C26H43N3O5. The maximum absolute atomic E-state index is 13.9. The van der Waals surface area contributed by atoms with E-state index in [0.717, 1.165) is 38.5 Å². The van der Waals surface area contributed by atoms with Crippen LogP contribution in [0.2, 0.25) is 0 Å². The average Bonchev–Trinajstić information content (AvgIpc) is 3.32. The van der Waals surface area contributed by atoms with Crippen molar-refractivity contribution < 1.29 is 24.2 Å². The summed E-state index contributed by atoms with van der Waals surface area (Å²) in [7, 11) is 0. The minimum absolute atomic E-state index is 0.0632. The summed E-state index contributed by atoms with van der Waals surface area (Å²) in [5.41, 5.74) is -1.72. The zero-order valence-electron chi connectivity index (χ0n) is 21.1. The molecule has 8 heteroatoms. The first-order valence-corrected chi connectivity index (χ1v) is 13.5. The van der Waals surface area contributed by atoms with Crippen LogP contribution in [0.3, 0.4) is 0 Å². The molecule has 6 atom stereocenters. The molecule has 2 bridgehead atoms. The van der Waals surface area contributed by atoms with Gasteiger partial charge < -0.3 is 25.4 Å². The molecule has 1 aliphatic carbocycles. The van der Waals surface area contributed by atoms with Crippen molar-refractivity contribution in [1.29, 1.82) is 0 Å². The Kier molecular flexibility index (Phi) is 7.58. The van der Waals surface area contributed by atoms with Gasteiger partial charge in [-0.25, -0.2) is 0 Å². The minimum Gasteiger partial charge on any atom is -0.396 e. The second kappa shape index (κ2) is 10.1. The minimum atomic E-state index is -0.963. The van der Waals surface area contributed by atoms with E-state index in [1.54, 1.807) is 4.90 Å². The van der Waals surface area contributed by atoms with E-state index < -0.39 is 29.1 Å². The topological polar surface area (TPSA) is 108 Å². The molecule has 4 fully saturated rings. The average molecular weight is 478 g/mol. The lowest BCUT2D eigenvalue weighted by Crippen LogP contribution is -2.57. The number of carbonyl (C=O) groups is 3. The Hall–Kier alpha value is -1.67. The standard InChI is InChI=1S/C26H43N3O5/c1-4-13-27-22(31)19-20-24(33)29(14-9-6-10-15-30)21(23(32)28-18-11-7-5-8-12-18)26(20)16-17(2)25(19,3)34-26/h17-21,30H,4-16H2,1-3H3,(H,27,31)(H,28,32)/t17?,19-,20-,21?,25+,26?/m0/s1. The highest BCUT2D eigenvalue weighted by Gasteiger charge is 2.79. The number of hydrogen-bond acceptors (Lipinski definition) is 5. The van der Waals surface area contributed by atoms with Crippen LogP contribution in [0.25, 0.3) is 0 Å². The van der Waals surface area contributed by atoms with Crippen molar-refractivity contribution in [2.45, 2.75) is 108 Å². The molecule has 0 aromatic heterocycles. The first-order valence-electron chi connectivity index (χ1n) is 13.5. The third-order valence-corrected chi connectivity index (χ3v) is 8.90. The summed E-state index contributed by atoms with van der Waals surface area (Å²) in [6, 6.07) is -0.576. The molecule has 192 valence electrons. The zero-order valence-corrected chi connectivity index (χ0v) is 21.1.